The van der Waals surface area contributed by atoms with Crippen LogP contribution in [0.15, 0.2) is 24.3 Å². The molecule has 0 bridgehead atoms. The molecule has 1 aromatic carbocycles. The molecule has 0 unspecified atom stereocenters. The lowest BCUT2D eigenvalue weighted by Gasteiger charge is -2.37. The maximum atomic E-state index is 5.80. The summed E-state index contributed by atoms with van der Waals surface area (Å²) >= 11 is 0. The monoisotopic (exact) mass is 234 g/mol. The predicted octanol–water partition coefficient (Wildman–Crippen LogP) is 3.40. The first-order valence-corrected chi connectivity index (χ1v) is 6.20. The van der Waals surface area contributed by atoms with Gasteiger partial charge in [0.2, 0.25) is 0 Å². The average molecular weight is 234 g/mol. The van der Waals surface area contributed by atoms with Crippen LogP contribution >= 0.6 is 0 Å². The van der Waals surface area contributed by atoms with Crippen molar-refractivity contribution in [2.75, 3.05) is 19.8 Å². The number of ether oxygens (including phenoxy) is 2. The Morgan fingerprint density at radius 1 is 1.18 bits per heavy atom. The van der Waals surface area contributed by atoms with E-state index in [0.717, 1.165) is 25.6 Å². The molecule has 1 aromatic rings. The lowest BCUT2D eigenvalue weighted by Crippen LogP contribution is -2.44. The highest BCUT2D eigenvalue weighted by Crippen LogP contribution is 2.28. The van der Waals surface area contributed by atoms with Gasteiger partial charge in [0.25, 0.3) is 0 Å². The van der Waals surface area contributed by atoms with E-state index < -0.39 is 0 Å². The Morgan fingerprint density at radius 2 is 1.76 bits per heavy atom. The second kappa shape index (κ2) is 4.34. The number of benzene rings is 1. The molecule has 2 rings (SSSR count). The second-order valence-electron chi connectivity index (χ2n) is 6.37. The molecule has 0 saturated carbocycles. The largest absolute Gasteiger partial charge is 0.493 e. The molecule has 1 aliphatic rings. The molecule has 1 aliphatic heterocycles. The molecule has 1 heterocycles. The second-order valence-corrected chi connectivity index (χ2v) is 6.37. The Bertz CT molecular complexity index is 369. The summed E-state index contributed by atoms with van der Waals surface area (Å²) < 4.78 is 11.0. The third-order valence-corrected chi connectivity index (χ3v) is 3.21. The average Bonchev–Trinajstić information content (AvgIpc) is 2.23. The molecule has 94 valence electrons. The van der Waals surface area contributed by atoms with Gasteiger partial charge in [-0.15, -0.1) is 0 Å². The van der Waals surface area contributed by atoms with Gasteiger partial charge < -0.3 is 9.47 Å². The smallest absolute Gasteiger partial charge is 0.119 e. The van der Waals surface area contributed by atoms with Crippen molar-refractivity contribution in [1.29, 1.82) is 0 Å². The minimum Gasteiger partial charge on any atom is -0.493 e. The minimum absolute atomic E-state index is 0.201. The highest BCUT2D eigenvalue weighted by Gasteiger charge is 2.34. The first-order chi connectivity index (χ1) is 7.89. The molecule has 0 spiro atoms. The van der Waals surface area contributed by atoms with Crippen molar-refractivity contribution < 1.29 is 9.47 Å². The fraction of sp³-hybridized carbons (Fsp3) is 0.600. The zero-order valence-corrected chi connectivity index (χ0v) is 11.2. The van der Waals surface area contributed by atoms with E-state index in [0.29, 0.717) is 0 Å². The van der Waals surface area contributed by atoms with E-state index in [1.54, 1.807) is 0 Å². The van der Waals surface area contributed by atoms with Gasteiger partial charge in [0, 0.05) is 5.41 Å². The highest BCUT2D eigenvalue weighted by molar-refractivity contribution is 5.31. The van der Waals surface area contributed by atoms with E-state index >= 15 is 0 Å². The van der Waals surface area contributed by atoms with Gasteiger partial charge in [-0.25, -0.2) is 0 Å². The number of rotatable bonds is 3. The van der Waals surface area contributed by atoms with Crippen LogP contribution in [0.4, 0.5) is 0 Å². The normalized spacial score (nSPS) is 18.6. The summed E-state index contributed by atoms with van der Waals surface area (Å²) in [5, 5.41) is 0. The van der Waals surface area contributed by atoms with Gasteiger partial charge in [-0.05, 0) is 23.1 Å². The Morgan fingerprint density at radius 3 is 2.18 bits per heavy atom. The van der Waals surface area contributed by atoms with Gasteiger partial charge in [-0.1, -0.05) is 39.8 Å². The summed E-state index contributed by atoms with van der Waals surface area (Å²) in [6, 6.07) is 8.41. The van der Waals surface area contributed by atoms with Crippen LogP contribution in [-0.4, -0.2) is 19.8 Å². The van der Waals surface area contributed by atoms with Crippen LogP contribution < -0.4 is 4.74 Å². The zero-order valence-electron chi connectivity index (χ0n) is 11.2. The van der Waals surface area contributed by atoms with Gasteiger partial charge >= 0.3 is 0 Å². The van der Waals surface area contributed by atoms with E-state index in [2.05, 4.69) is 52.0 Å². The van der Waals surface area contributed by atoms with E-state index in [9.17, 15) is 0 Å². The van der Waals surface area contributed by atoms with Crippen LogP contribution in [0.25, 0.3) is 0 Å². The van der Waals surface area contributed by atoms with Crippen molar-refractivity contribution in [3.8, 4) is 5.75 Å². The Kier molecular flexibility index (Phi) is 3.17. The van der Waals surface area contributed by atoms with E-state index in [4.69, 9.17) is 9.47 Å². The fourth-order valence-electron chi connectivity index (χ4n) is 1.84. The van der Waals surface area contributed by atoms with Crippen molar-refractivity contribution in [3.63, 3.8) is 0 Å². The molecule has 1 fully saturated rings. The maximum absolute atomic E-state index is 5.80. The van der Waals surface area contributed by atoms with Gasteiger partial charge in [-0.2, -0.15) is 0 Å². The molecule has 0 atom stereocenters. The number of hydrogen-bond acceptors (Lipinski definition) is 2. The molecule has 0 aliphatic carbocycles. The Labute approximate surface area is 104 Å². The van der Waals surface area contributed by atoms with Gasteiger partial charge in [0.1, 0.15) is 5.75 Å². The van der Waals surface area contributed by atoms with Crippen LogP contribution in [0.5, 0.6) is 5.75 Å². The SMILES string of the molecule is CC1(COc2ccc(C(C)(C)C)cc2)COC1. The van der Waals surface area contributed by atoms with E-state index in [1.807, 2.05) is 0 Å². The summed E-state index contributed by atoms with van der Waals surface area (Å²) in [6.45, 7) is 11.2. The van der Waals surface area contributed by atoms with Gasteiger partial charge in [0.15, 0.2) is 0 Å². The molecule has 0 aromatic heterocycles. The van der Waals surface area contributed by atoms with Gasteiger partial charge in [0.05, 0.1) is 19.8 Å². The molecule has 0 radical (unpaired) electrons. The van der Waals surface area contributed by atoms with Crippen molar-refractivity contribution in [2.45, 2.75) is 33.1 Å². The molecule has 0 N–H and O–H groups in total. The Balaban J connectivity index is 1.94. The van der Waals surface area contributed by atoms with Crippen LogP contribution in [0, 0.1) is 5.41 Å². The number of hydrogen-bond donors (Lipinski definition) is 0. The van der Waals surface area contributed by atoms with Crippen LogP contribution in [-0.2, 0) is 10.2 Å². The zero-order chi connectivity index (χ0) is 12.5. The molecule has 2 heteroatoms. The van der Waals surface area contributed by atoms with E-state index in [1.165, 1.54) is 5.56 Å². The minimum atomic E-state index is 0.201. The third-order valence-electron chi connectivity index (χ3n) is 3.21. The summed E-state index contributed by atoms with van der Waals surface area (Å²) in [7, 11) is 0. The first kappa shape index (κ1) is 12.4. The van der Waals surface area contributed by atoms with Crippen molar-refractivity contribution in [1.82, 2.24) is 0 Å². The summed E-state index contributed by atoms with van der Waals surface area (Å²) in [5.74, 6) is 0.950. The van der Waals surface area contributed by atoms with E-state index in [-0.39, 0.29) is 10.8 Å². The predicted molar refractivity (Wildman–Crippen MR) is 69.6 cm³/mol. The Hall–Kier alpha value is -1.02. The van der Waals surface area contributed by atoms with Crippen molar-refractivity contribution in [3.05, 3.63) is 29.8 Å². The topological polar surface area (TPSA) is 18.5 Å². The summed E-state index contributed by atoms with van der Waals surface area (Å²) in [5.41, 5.74) is 1.75. The first-order valence-electron chi connectivity index (χ1n) is 6.20. The van der Waals surface area contributed by atoms with Crippen LogP contribution in [0.3, 0.4) is 0 Å². The van der Waals surface area contributed by atoms with Crippen LogP contribution in [0.2, 0.25) is 0 Å². The fourth-order valence-corrected chi connectivity index (χ4v) is 1.84. The molecular formula is C15H22O2. The van der Waals surface area contributed by atoms with Crippen LogP contribution in [0.1, 0.15) is 33.3 Å². The third kappa shape index (κ3) is 3.01. The lowest BCUT2D eigenvalue weighted by atomic mass is 9.87. The highest BCUT2D eigenvalue weighted by atomic mass is 16.5. The molecule has 2 nitrogen and oxygen atoms in total. The lowest BCUT2D eigenvalue weighted by molar-refractivity contribution is -0.120. The van der Waals surface area contributed by atoms with Crippen molar-refractivity contribution in [2.24, 2.45) is 5.41 Å². The molecule has 0 amide bonds. The maximum Gasteiger partial charge on any atom is 0.119 e. The quantitative estimate of drug-likeness (QED) is 0.798. The van der Waals surface area contributed by atoms with Gasteiger partial charge in [-0.3, -0.25) is 0 Å². The summed E-state index contributed by atoms with van der Waals surface area (Å²) in [6.07, 6.45) is 0. The molecule has 17 heavy (non-hydrogen) atoms. The van der Waals surface area contributed by atoms with Crippen molar-refractivity contribution >= 4 is 0 Å². The summed E-state index contributed by atoms with van der Waals surface area (Å²) in [4.78, 5) is 0. The standard InChI is InChI=1S/C15H22O2/c1-14(2,3)12-5-7-13(8-6-12)17-11-15(4)9-16-10-15/h5-8H,9-11H2,1-4H3. The molecular weight excluding hydrogens is 212 g/mol. The molecule has 1 saturated heterocycles.